The average molecular weight is 321 g/mol. The number of aliphatic carboxylic acids is 1. The number of piperidine rings is 1. The Balaban J connectivity index is 2.26. The summed E-state index contributed by atoms with van der Waals surface area (Å²) in [5, 5.41) is 19.4. The van der Waals surface area contributed by atoms with E-state index in [1.54, 1.807) is 0 Å². The number of hydrogen-bond acceptors (Lipinski definition) is 4. The van der Waals surface area contributed by atoms with Crippen molar-refractivity contribution in [2.75, 3.05) is 19.7 Å². The van der Waals surface area contributed by atoms with Crippen molar-refractivity contribution in [3.63, 3.8) is 0 Å². The number of rotatable bonds is 7. The molecule has 1 aliphatic heterocycles. The van der Waals surface area contributed by atoms with Crippen molar-refractivity contribution in [3.8, 4) is 5.75 Å². The van der Waals surface area contributed by atoms with Gasteiger partial charge in [-0.15, -0.1) is 0 Å². The topological polar surface area (TPSA) is 70.0 Å². The number of benzene rings is 1. The molecule has 0 aliphatic carbocycles. The Bertz CT molecular complexity index is 524. The summed E-state index contributed by atoms with van der Waals surface area (Å²) >= 11 is 0. The Kier molecular flexibility index (Phi) is 6.42. The lowest BCUT2D eigenvalue weighted by atomic mass is 9.98. The maximum Gasteiger partial charge on any atom is 0.325 e. The predicted octanol–water partition coefficient (Wildman–Crippen LogP) is 2.76. The summed E-state index contributed by atoms with van der Waals surface area (Å²) in [6.07, 6.45) is 2.89. The largest absolute Gasteiger partial charge is 0.493 e. The fourth-order valence-electron chi connectivity index (χ4n) is 2.97. The molecule has 1 fully saturated rings. The minimum atomic E-state index is -0.868. The van der Waals surface area contributed by atoms with Crippen molar-refractivity contribution in [1.82, 2.24) is 4.90 Å². The summed E-state index contributed by atoms with van der Waals surface area (Å²) in [5.74, 6) is -0.213. The smallest absolute Gasteiger partial charge is 0.325 e. The Morgan fingerprint density at radius 2 is 2.09 bits per heavy atom. The highest BCUT2D eigenvalue weighted by molar-refractivity contribution is 5.77. The highest BCUT2D eigenvalue weighted by Gasteiger charge is 2.32. The predicted molar refractivity (Wildman–Crippen MR) is 88.8 cm³/mol. The monoisotopic (exact) mass is 321 g/mol. The van der Waals surface area contributed by atoms with Crippen LogP contribution >= 0.6 is 0 Å². The quantitative estimate of drug-likeness (QED) is 0.756. The summed E-state index contributed by atoms with van der Waals surface area (Å²) in [4.78, 5) is 13.8. The average Bonchev–Trinajstić information content (AvgIpc) is 2.51. The number of aliphatic hydroxyl groups is 1. The van der Waals surface area contributed by atoms with E-state index in [0.29, 0.717) is 43.9 Å². The van der Waals surface area contributed by atoms with Crippen molar-refractivity contribution >= 4 is 5.97 Å². The van der Waals surface area contributed by atoms with Crippen molar-refractivity contribution in [2.45, 2.75) is 51.7 Å². The van der Waals surface area contributed by atoms with E-state index in [9.17, 15) is 15.0 Å². The summed E-state index contributed by atoms with van der Waals surface area (Å²) in [6.45, 7) is 5.81. The van der Waals surface area contributed by atoms with E-state index in [0.717, 1.165) is 18.4 Å². The number of aliphatic hydroxyl groups excluding tert-OH is 1. The Morgan fingerprint density at radius 3 is 2.70 bits per heavy atom. The molecule has 5 nitrogen and oxygen atoms in total. The number of carboxylic acid groups (broad SMARTS) is 1. The number of likely N-dealkylation sites (tertiary alicyclic amines) is 1. The van der Waals surface area contributed by atoms with Crippen LogP contribution in [0.3, 0.4) is 0 Å². The first-order valence-electron chi connectivity index (χ1n) is 8.41. The van der Waals surface area contributed by atoms with Crippen LogP contribution in [0.5, 0.6) is 5.75 Å². The summed E-state index contributed by atoms with van der Waals surface area (Å²) in [5.41, 5.74) is 1.73. The number of unbranched alkanes of at least 4 members (excludes halogenated alkanes) is 1. The zero-order valence-electron chi connectivity index (χ0n) is 14.0. The van der Waals surface area contributed by atoms with E-state index in [2.05, 4.69) is 6.92 Å². The van der Waals surface area contributed by atoms with Crippen LogP contribution < -0.4 is 4.74 Å². The van der Waals surface area contributed by atoms with Crippen LogP contribution in [-0.4, -0.2) is 46.9 Å². The molecule has 2 N–H and O–H groups in total. The van der Waals surface area contributed by atoms with Crippen LogP contribution in [0.25, 0.3) is 0 Å². The molecule has 0 amide bonds. The second-order valence-electron chi connectivity index (χ2n) is 6.25. The van der Waals surface area contributed by atoms with E-state index in [1.807, 2.05) is 30.0 Å². The van der Waals surface area contributed by atoms with E-state index >= 15 is 0 Å². The zero-order valence-corrected chi connectivity index (χ0v) is 14.0. The molecule has 1 heterocycles. The van der Waals surface area contributed by atoms with Crippen molar-refractivity contribution in [3.05, 3.63) is 29.3 Å². The maximum atomic E-state index is 11.9. The van der Waals surface area contributed by atoms with Crippen LogP contribution in [0.1, 0.15) is 49.8 Å². The molecular weight excluding hydrogens is 294 g/mol. The molecule has 0 aromatic heterocycles. The lowest BCUT2D eigenvalue weighted by Gasteiger charge is -2.34. The Morgan fingerprint density at radius 1 is 1.39 bits per heavy atom. The summed E-state index contributed by atoms with van der Waals surface area (Å²) in [7, 11) is 0. The molecule has 5 heteroatoms. The molecule has 0 spiro atoms. The summed E-state index contributed by atoms with van der Waals surface area (Å²) < 4.78 is 5.84. The van der Waals surface area contributed by atoms with Gasteiger partial charge in [-0.3, -0.25) is 9.69 Å². The number of carboxylic acids is 1. The zero-order chi connectivity index (χ0) is 16.8. The van der Waals surface area contributed by atoms with Gasteiger partial charge in [0, 0.05) is 18.7 Å². The van der Waals surface area contributed by atoms with Gasteiger partial charge in [-0.05, 0) is 32.3 Å². The number of hydrogen-bond donors (Lipinski definition) is 2. The molecule has 1 saturated heterocycles. The molecule has 1 aromatic rings. The molecular formula is C18H27NO4. The third kappa shape index (κ3) is 4.69. The Hall–Kier alpha value is -1.59. The van der Waals surface area contributed by atoms with Crippen molar-refractivity contribution in [1.29, 1.82) is 0 Å². The molecule has 1 atom stereocenters. The lowest BCUT2D eigenvalue weighted by molar-refractivity contribution is -0.144. The van der Waals surface area contributed by atoms with Gasteiger partial charge in [-0.1, -0.05) is 31.0 Å². The van der Waals surface area contributed by atoms with Gasteiger partial charge in [0.25, 0.3) is 0 Å². The molecule has 0 bridgehead atoms. The van der Waals surface area contributed by atoms with Gasteiger partial charge in [0.05, 0.1) is 12.7 Å². The fourth-order valence-corrected chi connectivity index (χ4v) is 2.97. The van der Waals surface area contributed by atoms with Crippen molar-refractivity contribution in [2.24, 2.45) is 0 Å². The SMILES string of the molecule is CCCCOc1ccc(C)cc1[C@@H](C(=O)O)N1CCC(O)CC1. The first kappa shape index (κ1) is 17.8. The van der Waals surface area contributed by atoms with E-state index in [-0.39, 0.29) is 6.10 Å². The first-order valence-corrected chi connectivity index (χ1v) is 8.41. The number of carbonyl (C=O) groups is 1. The molecule has 2 rings (SSSR count). The molecule has 128 valence electrons. The maximum absolute atomic E-state index is 11.9. The van der Waals surface area contributed by atoms with Crippen molar-refractivity contribution < 1.29 is 19.7 Å². The minimum absolute atomic E-state index is 0.321. The Labute approximate surface area is 137 Å². The van der Waals surface area contributed by atoms with Gasteiger partial charge in [-0.2, -0.15) is 0 Å². The first-order chi connectivity index (χ1) is 11.0. The fraction of sp³-hybridized carbons (Fsp3) is 0.611. The van der Waals surface area contributed by atoms with Crippen LogP contribution in [0.2, 0.25) is 0 Å². The standard InChI is InChI=1S/C18H27NO4/c1-3-4-11-23-16-6-5-13(2)12-15(16)17(18(21)22)19-9-7-14(20)8-10-19/h5-6,12,14,17,20H,3-4,7-11H2,1-2H3,(H,21,22)/t17-/m0/s1. The van der Waals surface area contributed by atoms with E-state index in [4.69, 9.17) is 4.74 Å². The van der Waals surface area contributed by atoms with E-state index < -0.39 is 12.0 Å². The third-order valence-corrected chi connectivity index (χ3v) is 4.31. The van der Waals surface area contributed by atoms with Crippen LogP contribution in [0.4, 0.5) is 0 Å². The second-order valence-corrected chi connectivity index (χ2v) is 6.25. The lowest BCUT2D eigenvalue weighted by Crippen LogP contribution is -2.41. The second kappa shape index (κ2) is 8.31. The highest BCUT2D eigenvalue weighted by atomic mass is 16.5. The van der Waals surface area contributed by atoms with Gasteiger partial charge < -0.3 is 14.9 Å². The van der Waals surface area contributed by atoms with Crippen LogP contribution in [0.15, 0.2) is 18.2 Å². The van der Waals surface area contributed by atoms with Gasteiger partial charge in [-0.25, -0.2) is 0 Å². The highest BCUT2D eigenvalue weighted by Crippen LogP contribution is 2.32. The molecule has 1 aromatic carbocycles. The molecule has 0 saturated carbocycles. The normalized spacial score (nSPS) is 17.9. The van der Waals surface area contributed by atoms with E-state index in [1.165, 1.54) is 0 Å². The molecule has 1 aliphatic rings. The molecule has 0 unspecified atom stereocenters. The van der Waals surface area contributed by atoms with Crippen LogP contribution in [-0.2, 0) is 4.79 Å². The number of nitrogens with zero attached hydrogens (tertiary/aromatic N) is 1. The summed E-state index contributed by atoms with van der Waals surface area (Å²) in [6, 6.07) is 5.00. The minimum Gasteiger partial charge on any atom is -0.493 e. The van der Waals surface area contributed by atoms with Gasteiger partial charge in [0.1, 0.15) is 11.8 Å². The number of aryl methyl sites for hydroxylation is 1. The van der Waals surface area contributed by atoms with Gasteiger partial charge >= 0.3 is 5.97 Å². The molecule has 0 radical (unpaired) electrons. The molecule has 23 heavy (non-hydrogen) atoms. The van der Waals surface area contributed by atoms with Gasteiger partial charge in [0.15, 0.2) is 0 Å². The van der Waals surface area contributed by atoms with Crippen LogP contribution in [0, 0.1) is 6.92 Å². The van der Waals surface area contributed by atoms with Gasteiger partial charge in [0.2, 0.25) is 0 Å². The number of ether oxygens (including phenoxy) is 1. The third-order valence-electron chi connectivity index (χ3n) is 4.31.